The van der Waals surface area contributed by atoms with Gasteiger partial charge in [-0.1, -0.05) is 0 Å². The first-order chi connectivity index (χ1) is 8.10. The molecule has 0 aromatic rings. The van der Waals surface area contributed by atoms with Crippen LogP contribution in [0.4, 0.5) is 8.78 Å². The molecule has 1 saturated heterocycles. The predicted molar refractivity (Wildman–Crippen MR) is 59.6 cm³/mol. The molecular weight excluding hydrogens is 248 g/mol. The molecule has 0 aliphatic carbocycles. The first-order valence-corrected chi connectivity index (χ1v) is 5.70. The van der Waals surface area contributed by atoms with Gasteiger partial charge in [-0.05, 0) is 20.8 Å². The average molecular weight is 267 g/mol. The zero-order valence-electron chi connectivity index (χ0n) is 10.8. The van der Waals surface area contributed by atoms with Crippen molar-refractivity contribution in [1.29, 1.82) is 0 Å². The first kappa shape index (κ1) is 15.3. The van der Waals surface area contributed by atoms with Crippen LogP contribution in [0.2, 0.25) is 0 Å². The van der Waals surface area contributed by atoms with E-state index in [4.69, 9.17) is 9.84 Å². The molecule has 5 nitrogen and oxygen atoms in total. The molecular formula is C11H19F2NO4. The van der Waals surface area contributed by atoms with E-state index < -0.39 is 36.9 Å². The number of hydrogen-bond acceptors (Lipinski definition) is 4. The summed E-state index contributed by atoms with van der Waals surface area (Å²) in [5.74, 6) is -1.13. The fourth-order valence-corrected chi connectivity index (χ4v) is 1.73. The Morgan fingerprint density at radius 2 is 2.17 bits per heavy atom. The van der Waals surface area contributed by atoms with E-state index >= 15 is 0 Å². The molecule has 1 N–H and O–H groups in total. The number of carbonyl (C=O) groups is 1. The van der Waals surface area contributed by atoms with Crippen LogP contribution in [0, 0.1) is 0 Å². The smallest absolute Gasteiger partial charge is 0.368 e. The quantitative estimate of drug-likeness (QED) is 0.829. The molecule has 0 bridgehead atoms. The lowest BCUT2D eigenvalue weighted by Gasteiger charge is -2.44. The van der Waals surface area contributed by atoms with Gasteiger partial charge < -0.3 is 14.6 Å². The summed E-state index contributed by atoms with van der Waals surface area (Å²) in [7, 11) is 0. The monoisotopic (exact) mass is 267 g/mol. The highest BCUT2D eigenvalue weighted by Crippen LogP contribution is 2.29. The minimum atomic E-state index is -3.23. The van der Waals surface area contributed by atoms with Crippen LogP contribution in [0.1, 0.15) is 20.8 Å². The van der Waals surface area contributed by atoms with Crippen molar-refractivity contribution in [2.75, 3.05) is 26.3 Å². The molecule has 1 fully saturated rings. The van der Waals surface area contributed by atoms with Crippen molar-refractivity contribution in [1.82, 2.24) is 4.90 Å². The fraction of sp³-hybridized carbons (Fsp3) is 0.909. The van der Waals surface area contributed by atoms with Crippen molar-refractivity contribution in [2.45, 2.75) is 38.5 Å². The van der Waals surface area contributed by atoms with Crippen molar-refractivity contribution < 1.29 is 28.2 Å². The molecule has 0 aromatic carbocycles. The molecule has 1 aliphatic heterocycles. The van der Waals surface area contributed by atoms with Crippen molar-refractivity contribution in [3.63, 3.8) is 0 Å². The number of nitrogens with zero attached hydrogens (tertiary/aromatic N) is 1. The zero-order valence-corrected chi connectivity index (χ0v) is 10.8. The molecule has 1 unspecified atom stereocenters. The topological polar surface area (TPSA) is 59.0 Å². The highest BCUT2D eigenvalue weighted by molar-refractivity contribution is 5.67. The van der Waals surface area contributed by atoms with Crippen LogP contribution >= 0.6 is 0 Å². The first-order valence-electron chi connectivity index (χ1n) is 5.70. The number of hydrogen-bond donors (Lipinski definition) is 1. The van der Waals surface area contributed by atoms with E-state index in [9.17, 15) is 13.6 Å². The molecule has 0 amide bonds. The Morgan fingerprint density at radius 1 is 1.56 bits per heavy atom. The van der Waals surface area contributed by atoms with Gasteiger partial charge in [-0.2, -0.15) is 8.78 Å². The van der Waals surface area contributed by atoms with Gasteiger partial charge in [-0.3, -0.25) is 4.90 Å². The minimum absolute atomic E-state index is 0.158. The van der Waals surface area contributed by atoms with Gasteiger partial charge >= 0.3 is 12.1 Å². The summed E-state index contributed by atoms with van der Waals surface area (Å²) in [5.41, 5.74) is -0.405. The second-order valence-electron chi connectivity index (χ2n) is 5.34. The summed E-state index contributed by atoms with van der Waals surface area (Å²) in [5, 5.41) is 8.40. The van der Waals surface area contributed by atoms with Gasteiger partial charge in [-0.25, -0.2) is 4.79 Å². The standard InChI is InChI=1S/C11H19F2NO4/c1-10(2,3)14-4-8(5-17-6-9(15)16)18-11(12,13)7-14/h8H,4-7H2,1-3H3,(H,15,16). The lowest BCUT2D eigenvalue weighted by molar-refractivity contribution is -0.309. The summed E-state index contributed by atoms with van der Waals surface area (Å²) >= 11 is 0. The number of carboxylic acid groups (broad SMARTS) is 1. The van der Waals surface area contributed by atoms with Crippen LogP contribution in [0.5, 0.6) is 0 Å². The van der Waals surface area contributed by atoms with E-state index in [-0.39, 0.29) is 6.61 Å². The van der Waals surface area contributed by atoms with Crippen LogP contribution in [-0.2, 0) is 14.3 Å². The number of alkyl halides is 2. The van der Waals surface area contributed by atoms with Crippen molar-refractivity contribution >= 4 is 5.97 Å². The van der Waals surface area contributed by atoms with Crippen LogP contribution in [0.25, 0.3) is 0 Å². The summed E-state index contributed by atoms with van der Waals surface area (Å²) in [4.78, 5) is 11.9. The Kier molecular flexibility index (Phi) is 4.63. The van der Waals surface area contributed by atoms with Gasteiger partial charge in [0.25, 0.3) is 0 Å². The lowest BCUT2D eigenvalue weighted by atomic mass is 10.0. The maximum atomic E-state index is 13.4. The molecule has 0 radical (unpaired) electrons. The summed E-state index contributed by atoms with van der Waals surface area (Å²) in [6, 6.07) is 0. The number of aliphatic carboxylic acids is 1. The van der Waals surface area contributed by atoms with Gasteiger partial charge in [-0.15, -0.1) is 0 Å². The Labute approximate surface area is 105 Å². The Hall–Kier alpha value is -0.790. The number of halogens is 2. The third-order valence-electron chi connectivity index (χ3n) is 2.62. The highest BCUT2D eigenvalue weighted by Gasteiger charge is 2.44. The third kappa shape index (κ3) is 4.83. The normalized spacial score (nSPS) is 25.1. The van der Waals surface area contributed by atoms with Gasteiger partial charge in [0.15, 0.2) is 0 Å². The largest absolute Gasteiger partial charge is 0.480 e. The highest BCUT2D eigenvalue weighted by atomic mass is 19.3. The van der Waals surface area contributed by atoms with E-state index in [2.05, 4.69) is 4.74 Å². The summed E-state index contributed by atoms with van der Waals surface area (Å²) < 4.78 is 36.2. The van der Waals surface area contributed by atoms with Crippen molar-refractivity contribution in [3.8, 4) is 0 Å². The summed E-state index contributed by atoms with van der Waals surface area (Å²) in [6.07, 6.45) is -4.06. The SMILES string of the molecule is CC(C)(C)N1CC(COCC(=O)O)OC(F)(F)C1. The lowest BCUT2D eigenvalue weighted by Crippen LogP contribution is -2.58. The predicted octanol–water partition coefficient (Wildman–Crippen LogP) is 1.18. The molecule has 0 saturated carbocycles. The number of carboxylic acids is 1. The molecule has 1 atom stereocenters. The zero-order chi connectivity index (χ0) is 14.0. The third-order valence-corrected chi connectivity index (χ3v) is 2.62. The van der Waals surface area contributed by atoms with E-state index in [1.165, 1.54) is 0 Å². The van der Waals surface area contributed by atoms with Crippen LogP contribution in [-0.4, -0.2) is 60.0 Å². The number of morpholine rings is 1. The molecule has 0 spiro atoms. The van der Waals surface area contributed by atoms with E-state index in [1.54, 1.807) is 4.90 Å². The Bertz CT molecular complexity index is 304. The molecule has 1 heterocycles. The Morgan fingerprint density at radius 3 is 2.67 bits per heavy atom. The van der Waals surface area contributed by atoms with Crippen LogP contribution in [0.15, 0.2) is 0 Å². The van der Waals surface area contributed by atoms with Gasteiger partial charge in [0.05, 0.1) is 19.3 Å². The number of rotatable bonds is 4. The van der Waals surface area contributed by atoms with Crippen LogP contribution in [0.3, 0.4) is 0 Å². The molecule has 7 heteroatoms. The second kappa shape index (κ2) is 5.46. The molecule has 18 heavy (non-hydrogen) atoms. The maximum absolute atomic E-state index is 13.4. The second-order valence-corrected chi connectivity index (χ2v) is 5.34. The van der Waals surface area contributed by atoms with Gasteiger partial charge in [0.2, 0.25) is 0 Å². The van der Waals surface area contributed by atoms with Crippen molar-refractivity contribution in [2.24, 2.45) is 0 Å². The molecule has 106 valence electrons. The van der Waals surface area contributed by atoms with Gasteiger partial charge in [0, 0.05) is 12.1 Å². The van der Waals surface area contributed by atoms with E-state index in [0.717, 1.165) is 0 Å². The van der Waals surface area contributed by atoms with Crippen LogP contribution < -0.4 is 0 Å². The minimum Gasteiger partial charge on any atom is -0.480 e. The molecule has 1 aliphatic rings. The van der Waals surface area contributed by atoms with E-state index in [1.807, 2.05) is 20.8 Å². The molecule has 1 rings (SSSR count). The Balaban J connectivity index is 2.55. The average Bonchev–Trinajstić information content (AvgIpc) is 2.12. The molecule has 0 aromatic heterocycles. The fourth-order valence-electron chi connectivity index (χ4n) is 1.73. The number of ether oxygens (including phenoxy) is 2. The van der Waals surface area contributed by atoms with Gasteiger partial charge in [0.1, 0.15) is 6.61 Å². The van der Waals surface area contributed by atoms with Crippen molar-refractivity contribution in [3.05, 3.63) is 0 Å². The van der Waals surface area contributed by atoms with E-state index in [0.29, 0.717) is 6.54 Å². The maximum Gasteiger partial charge on any atom is 0.368 e. The summed E-state index contributed by atoms with van der Waals surface area (Å²) in [6.45, 7) is 4.66.